The summed E-state index contributed by atoms with van der Waals surface area (Å²) in [5.74, 6) is 0. The minimum absolute atomic E-state index is 0.0926. The Balaban J connectivity index is 1.83. The van der Waals surface area contributed by atoms with Gasteiger partial charge in [0.25, 0.3) is 0 Å². The summed E-state index contributed by atoms with van der Waals surface area (Å²) in [5.41, 5.74) is 0.506. The molecule has 0 aromatic rings. The Kier molecular flexibility index (Phi) is 3.58. The van der Waals surface area contributed by atoms with Gasteiger partial charge in [0, 0.05) is 26.7 Å². The van der Waals surface area contributed by atoms with Gasteiger partial charge in [-0.1, -0.05) is 20.8 Å². The lowest BCUT2D eigenvalue weighted by Crippen LogP contribution is -2.53. The van der Waals surface area contributed by atoms with Crippen LogP contribution in [0, 0.1) is 5.41 Å². The zero-order valence-corrected chi connectivity index (χ0v) is 12.3. The molecule has 0 saturated carbocycles. The molecule has 2 amide bonds. The largest absolute Gasteiger partial charge is 0.336 e. The number of carbonyl (C=O) groups is 1. The third-order valence-corrected chi connectivity index (χ3v) is 4.55. The molecular weight excluding hydrogens is 226 g/mol. The van der Waals surface area contributed by atoms with Crippen molar-refractivity contribution in [3.63, 3.8) is 0 Å². The van der Waals surface area contributed by atoms with Gasteiger partial charge in [-0.05, 0) is 31.2 Å². The van der Waals surface area contributed by atoms with Gasteiger partial charge in [-0.15, -0.1) is 0 Å². The van der Waals surface area contributed by atoms with Gasteiger partial charge < -0.3 is 15.1 Å². The summed E-state index contributed by atoms with van der Waals surface area (Å²) in [6.45, 7) is 11.1. The van der Waals surface area contributed by atoms with Crippen LogP contribution in [0.1, 0.15) is 40.0 Å². The van der Waals surface area contributed by atoms with Crippen molar-refractivity contribution < 1.29 is 4.79 Å². The summed E-state index contributed by atoms with van der Waals surface area (Å²) < 4.78 is 0. The number of urea groups is 1. The minimum Gasteiger partial charge on any atom is -0.336 e. The van der Waals surface area contributed by atoms with Crippen LogP contribution in [0.5, 0.6) is 0 Å². The summed E-state index contributed by atoms with van der Waals surface area (Å²) in [6, 6.07) is 0.0955. The molecule has 0 aromatic carbocycles. The Morgan fingerprint density at radius 2 is 1.89 bits per heavy atom. The van der Waals surface area contributed by atoms with Crippen molar-refractivity contribution >= 4 is 6.03 Å². The molecule has 2 rings (SSSR count). The highest BCUT2D eigenvalue weighted by molar-refractivity contribution is 5.77. The topological polar surface area (TPSA) is 35.6 Å². The van der Waals surface area contributed by atoms with E-state index < -0.39 is 0 Å². The first-order chi connectivity index (χ1) is 8.32. The fraction of sp³-hybridized carbons (Fsp3) is 0.929. The molecule has 1 N–H and O–H groups in total. The Morgan fingerprint density at radius 3 is 2.33 bits per heavy atom. The number of nitrogens with one attached hydrogen (secondary N) is 1. The predicted molar refractivity (Wildman–Crippen MR) is 73.6 cm³/mol. The highest BCUT2D eigenvalue weighted by Gasteiger charge is 2.44. The first-order valence-electron chi connectivity index (χ1n) is 7.07. The quantitative estimate of drug-likeness (QED) is 0.816. The predicted octanol–water partition coefficient (Wildman–Crippen LogP) is 1.91. The Bertz CT molecular complexity index is 313. The number of likely N-dealkylation sites (N-methyl/N-ethyl adjacent to an activating group) is 1. The molecule has 2 aliphatic rings. The molecule has 2 heterocycles. The van der Waals surface area contributed by atoms with E-state index in [1.165, 1.54) is 13.0 Å². The summed E-state index contributed by atoms with van der Waals surface area (Å²) in [5, 5.41) is 2.97. The van der Waals surface area contributed by atoms with Gasteiger partial charge in [-0.2, -0.15) is 0 Å². The van der Waals surface area contributed by atoms with Crippen LogP contribution >= 0.6 is 0 Å². The van der Waals surface area contributed by atoms with Gasteiger partial charge in [-0.3, -0.25) is 0 Å². The molecule has 1 spiro atoms. The second-order valence-electron chi connectivity index (χ2n) is 7.09. The smallest absolute Gasteiger partial charge is 0.317 e. The van der Waals surface area contributed by atoms with Crippen LogP contribution in [-0.4, -0.2) is 54.6 Å². The van der Waals surface area contributed by atoms with Crippen LogP contribution in [0.4, 0.5) is 4.79 Å². The standard InChI is InChI=1S/C14H27N3O/c1-13(2,3)5-8-17-9-6-14(7-10-17)11-15-12(18)16(14)4/h5-11H2,1-4H3,(H,15,18). The van der Waals surface area contributed by atoms with Crippen molar-refractivity contribution in [2.45, 2.75) is 45.6 Å². The molecule has 2 aliphatic heterocycles. The van der Waals surface area contributed by atoms with E-state index in [1.807, 2.05) is 11.9 Å². The molecular formula is C14H27N3O. The summed E-state index contributed by atoms with van der Waals surface area (Å²) in [7, 11) is 1.94. The maximum Gasteiger partial charge on any atom is 0.317 e. The highest BCUT2D eigenvalue weighted by atomic mass is 16.2. The van der Waals surface area contributed by atoms with Gasteiger partial charge >= 0.3 is 6.03 Å². The number of hydrogen-bond donors (Lipinski definition) is 1. The summed E-state index contributed by atoms with van der Waals surface area (Å²) >= 11 is 0. The molecule has 2 fully saturated rings. The van der Waals surface area contributed by atoms with Crippen LogP contribution in [-0.2, 0) is 0 Å². The third kappa shape index (κ3) is 2.79. The van der Waals surface area contributed by atoms with E-state index in [1.54, 1.807) is 0 Å². The lowest BCUT2D eigenvalue weighted by Gasteiger charge is -2.42. The molecule has 2 saturated heterocycles. The van der Waals surface area contributed by atoms with Crippen molar-refractivity contribution in [3.05, 3.63) is 0 Å². The van der Waals surface area contributed by atoms with Crippen LogP contribution in [0.25, 0.3) is 0 Å². The molecule has 4 nitrogen and oxygen atoms in total. The number of piperidine rings is 1. The van der Waals surface area contributed by atoms with Crippen molar-refractivity contribution in [3.8, 4) is 0 Å². The van der Waals surface area contributed by atoms with E-state index >= 15 is 0 Å². The minimum atomic E-state index is 0.0926. The van der Waals surface area contributed by atoms with Crippen molar-refractivity contribution in [2.75, 3.05) is 33.2 Å². The molecule has 0 radical (unpaired) electrons. The van der Waals surface area contributed by atoms with E-state index in [2.05, 4.69) is 31.0 Å². The van der Waals surface area contributed by atoms with E-state index in [-0.39, 0.29) is 11.6 Å². The van der Waals surface area contributed by atoms with Gasteiger partial charge in [-0.25, -0.2) is 4.79 Å². The molecule has 0 bridgehead atoms. The molecule has 18 heavy (non-hydrogen) atoms. The molecule has 104 valence electrons. The monoisotopic (exact) mass is 253 g/mol. The average molecular weight is 253 g/mol. The van der Waals surface area contributed by atoms with E-state index in [4.69, 9.17) is 0 Å². The molecule has 0 unspecified atom stereocenters. The summed E-state index contributed by atoms with van der Waals surface area (Å²) in [6.07, 6.45) is 3.45. The van der Waals surface area contributed by atoms with Gasteiger partial charge in [0.05, 0.1) is 5.54 Å². The zero-order chi connectivity index (χ0) is 13.4. The summed E-state index contributed by atoms with van der Waals surface area (Å²) in [4.78, 5) is 16.1. The van der Waals surface area contributed by atoms with Gasteiger partial charge in [0.2, 0.25) is 0 Å². The van der Waals surface area contributed by atoms with Crippen LogP contribution in [0.2, 0.25) is 0 Å². The SMILES string of the molecule is CN1C(=O)NCC12CCN(CCC(C)(C)C)CC2. The highest BCUT2D eigenvalue weighted by Crippen LogP contribution is 2.31. The Hall–Kier alpha value is -0.770. The maximum absolute atomic E-state index is 11.6. The number of likely N-dealkylation sites (tertiary alicyclic amines) is 1. The third-order valence-electron chi connectivity index (χ3n) is 4.55. The van der Waals surface area contributed by atoms with Crippen molar-refractivity contribution in [2.24, 2.45) is 5.41 Å². The number of rotatable bonds is 2. The fourth-order valence-corrected chi connectivity index (χ4v) is 2.89. The fourth-order valence-electron chi connectivity index (χ4n) is 2.89. The second-order valence-corrected chi connectivity index (χ2v) is 7.09. The van der Waals surface area contributed by atoms with E-state index in [0.717, 1.165) is 32.5 Å². The first kappa shape index (κ1) is 13.7. The van der Waals surface area contributed by atoms with Gasteiger partial charge in [0.1, 0.15) is 0 Å². The number of carbonyl (C=O) groups excluding carboxylic acids is 1. The van der Waals surface area contributed by atoms with Crippen LogP contribution in [0.3, 0.4) is 0 Å². The van der Waals surface area contributed by atoms with Gasteiger partial charge in [0.15, 0.2) is 0 Å². The lowest BCUT2D eigenvalue weighted by molar-refractivity contribution is 0.0847. The van der Waals surface area contributed by atoms with E-state index in [0.29, 0.717) is 5.41 Å². The average Bonchev–Trinajstić information content (AvgIpc) is 2.57. The zero-order valence-electron chi connectivity index (χ0n) is 12.3. The molecule has 0 aliphatic carbocycles. The Morgan fingerprint density at radius 1 is 1.28 bits per heavy atom. The Labute approximate surface area is 111 Å². The number of amides is 2. The normalized spacial score (nSPS) is 24.7. The van der Waals surface area contributed by atoms with Crippen molar-refractivity contribution in [1.82, 2.24) is 15.1 Å². The number of nitrogens with zero attached hydrogens (tertiary/aromatic N) is 2. The second kappa shape index (κ2) is 4.72. The maximum atomic E-state index is 11.6. The van der Waals surface area contributed by atoms with Crippen LogP contribution < -0.4 is 5.32 Å². The first-order valence-corrected chi connectivity index (χ1v) is 7.07. The molecule has 0 aromatic heterocycles. The number of hydrogen-bond acceptors (Lipinski definition) is 2. The molecule has 4 heteroatoms. The lowest BCUT2D eigenvalue weighted by atomic mass is 9.86. The molecule has 0 atom stereocenters. The van der Waals surface area contributed by atoms with Crippen LogP contribution in [0.15, 0.2) is 0 Å². The van der Waals surface area contributed by atoms with Crippen molar-refractivity contribution in [1.29, 1.82) is 0 Å². The van der Waals surface area contributed by atoms with E-state index in [9.17, 15) is 4.79 Å².